The third kappa shape index (κ3) is 5.52. The lowest BCUT2D eigenvalue weighted by molar-refractivity contribution is -0.136. The van der Waals surface area contributed by atoms with Crippen LogP contribution in [-0.4, -0.2) is 86.3 Å². The molecule has 0 unspecified atom stereocenters. The fourth-order valence-electron chi connectivity index (χ4n) is 5.89. The first-order chi connectivity index (χ1) is 20.4. The predicted octanol–water partition coefficient (Wildman–Crippen LogP) is 3.87. The summed E-state index contributed by atoms with van der Waals surface area (Å²) in [5.74, 6) is 1.30. The van der Waals surface area contributed by atoms with E-state index in [9.17, 15) is 9.59 Å². The predicted molar refractivity (Wildman–Crippen MR) is 158 cm³/mol. The van der Waals surface area contributed by atoms with Gasteiger partial charge in [0.1, 0.15) is 30.0 Å². The Bertz CT molecular complexity index is 1590. The third-order valence-corrected chi connectivity index (χ3v) is 7.86. The number of likely N-dealkylation sites (N-methyl/N-ethyl adjacent to an activating group) is 1. The van der Waals surface area contributed by atoms with Crippen LogP contribution < -0.4 is 5.32 Å². The first-order valence-electron chi connectivity index (χ1n) is 14.3. The van der Waals surface area contributed by atoms with Crippen molar-refractivity contribution in [1.82, 2.24) is 29.3 Å². The van der Waals surface area contributed by atoms with Gasteiger partial charge >= 0.3 is 6.09 Å². The number of imidazole rings is 1. The van der Waals surface area contributed by atoms with Crippen LogP contribution in [0.4, 0.5) is 10.6 Å². The van der Waals surface area contributed by atoms with Gasteiger partial charge in [0.25, 0.3) is 0 Å². The van der Waals surface area contributed by atoms with Gasteiger partial charge in [-0.1, -0.05) is 36.4 Å². The second kappa shape index (κ2) is 11.8. The number of ether oxygens (including phenoxy) is 2. The average Bonchev–Trinajstić information content (AvgIpc) is 3.56. The van der Waals surface area contributed by atoms with Crippen LogP contribution in [0.25, 0.3) is 22.4 Å². The Morgan fingerprint density at radius 3 is 2.69 bits per heavy atom. The van der Waals surface area contributed by atoms with Crippen molar-refractivity contribution in [3.8, 4) is 11.4 Å². The molecule has 3 aromatic heterocycles. The van der Waals surface area contributed by atoms with E-state index in [2.05, 4.69) is 9.88 Å². The molecule has 1 aromatic carbocycles. The van der Waals surface area contributed by atoms with Crippen molar-refractivity contribution < 1.29 is 19.1 Å². The maximum atomic E-state index is 13.9. The minimum absolute atomic E-state index is 0.131. The number of nitrogens with one attached hydrogen (secondary N) is 1. The number of anilines is 1. The largest absolute Gasteiger partial charge is 0.445 e. The molecule has 2 amide bonds. The van der Waals surface area contributed by atoms with E-state index in [4.69, 9.17) is 24.4 Å². The summed E-state index contributed by atoms with van der Waals surface area (Å²) in [5, 5.41) is 3.46. The molecule has 218 valence electrons. The molecule has 2 aliphatic rings. The highest BCUT2D eigenvalue weighted by atomic mass is 16.6. The number of carbonyl (C=O) groups is 2. The van der Waals surface area contributed by atoms with Crippen LogP contribution in [0.3, 0.4) is 0 Å². The SMILES string of the molecule is CCO[C@H]1CN(C)C(=O)[C@@H]2C[C@@H](CN2C(=O)OCc2ccccc2)Nc2cccc(n2)-c2nccc3nc(C)n(c23)C1. The van der Waals surface area contributed by atoms with Gasteiger partial charge in [0.05, 0.1) is 29.4 Å². The van der Waals surface area contributed by atoms with Crippen molar-refractivity contribution >= 4 is 28.9 Å². The molecular formula is C31H35N7O4. The highest BCUT2D eigenvalue weighted by molar-refractivity contribution is 5.89. The van der Waals surface area contributed by atoms with Crippen LogP contribution in [0.15, 0.2) is 60.8 Å². The standard InChI is InChI=1S/C31H35N7O4/c1-4-41-23-17-36(3)30(39)26-15-22(16-38(26)31(40)42-19-21-9-6-5-7-10-21)34-27-12-8-11-24(35-27)28-29-25(13-14-32-28)33-20(2)37(29)18-23/h5-14,22-23,26H,4,15-19H2,1-3H3,(H,34,35)/t22-,23-,26-/m0/s1. The molecule has 11 nitrogen and oxygen atoms in total. The van der Waals surface area contributed by atoms with Crippen LogP contribution in [0.1, 0.15) is 24.7 Å². The summed E-state index contributed by atoms with van der Waals surface area (Å²) in [5.41, 5.74) is 4.01. The number of hydrogen-bond donors (Lipinski definition) is 1. The molecule has 2 aliphatic heterocycles. The third-order valence-electron chi connectivity index (χ3n) is 7.86. The van der Waals surface area contributed by atoms with E-state index in [0.29, 0.717) is 44.2 Å². The number of pyridine rings is 2. The summed E-state index contributed by atoms with van der Waals surface area (Å²) in [7, 11) is 1.76. The maximum absolute atomic E-state index is 13.9. The topological polar surface area (TPSA) is 115 Å². The lowest BCUT2D eigenvalue weighted by Gasteiger charge is -2.30. The molecule has 0 aliphatic carbocycles. The lowest BCUT2D eigenvalue weighted by atomic mass is 10.1. The minimum atomic E-state index is -0.688. The highest BCUT2D eigenvalue weighted by Crippen LogP contribution is 2.29. The number of likely N-dealkylation sites (tertiary alicyclic amines) is 1. The molecule has 4 bridgehead atoms. The van der Waals surface area contributed by atoms with Crippen LogP contribution >= 0.6 is 0 Å². The van der Waals surface area contributed by atoms with Crippen LogP contribution in [0.5, 0.6) is 0 Å². The summed E-state index contributed by atoms with van der Waals surface area (Å²) in [6.07, 6.45) is 1.34. The summed E-state index contributed by atoms with van der Waals surface area (Å²) in [4.78, 5) is 44.8. The van der Waals surface area contributed by atoms with Crippen molar-refractivity contribution in [2.75, 3.05) is 32.1 Å². The molecule has 11 heteroatoms. The maximum Gasteiger partial charge on any atom is 0.410 e. The number of carbonyl (C=O) groups excluding carboxylic acids is 2. The van der Waals surface area contributed by atoms with Crippen molar-refractivity contribution in [2.45, 2.75) is 51.6 Å². The summed E-state index contributed by atoms with van der Waals surface area (Å²) in [6.45, 7) is 5.63. The van der Waals surface area contributed by atoms with Crippen molar-refractivity contribution in [1.29, 1.82) is 0 Å². The van der Waals surface area contributed by atoms with Gasteiger partial charge in [0, 0.05) is 39.0 Å². The Kier molecular flexibility index (Phi) is 7.75. The lowest BCUT2D eigenvalue weighted by Crippen LogP contribution is -2.49. The van der Waals surface area contributed by atoms with Crippen molar-refractivity contribution in [3.05, 3.63) is 72.2 Å². The number of rotatable bonds is 4. The Labute approximate surface area is 244 Å². The number of aromatic nitrogens is 4. The van der Waals surface area contributed by atoms with Crippen LogP contribution in [0, 0.1) is 6.92 Å². The second-order valence-corrected chi connectivity index (χ2v) is 10.8. The molecule has 6 rings (SSSR count). The molecule has 1 N–H and O–H groups in total. The van der Waals surface area contributed by atoms with Gasteiger partial charge in [0.2, 0.25) is 5.91 Å². The fraction of sp³-hybridized carbons (Fsp3) is 0.387. The number of fused-ring (bicyclic) bond motifs is 5. The van der Waals surface area contributed by atoms with Gasteiger partial charge in [-0.3, -0.25) is 14.7 Å². The zero-order valence-electron chi connectivity index (χ0n) is 24.1. The van der Waals surface area contributed by atoms with E-state index in [-0.39, 0.29) is 24.7 Å². The van der Waals surface area contributed by atoms with E-state index in [1.165, 1.54) is 4.90 Å². The number of benzene rings is 1. The minimum Gasteiger partial charge on any atom is -0.445 e. The quantitative estimate of drug-likeness (QED) is 0.394. The summed E-state index contributed by atoms with van der Waals surface area (Å²) in [6, 6.07) is 16.3. The smallest absolute Gasteiger partial charge is 0.410 e. The zero-order valence-corrected chi connectivity index (χ0v) is 24.1. The molecule has 1 saturated heterocycles. The average molecular weight is 570 g/mol. The van der Waals surface area contributed by atoms with Crippen LogP contribution in [-0.2, 0) is 27.4 Å². The number of nitrogens with zero attached hydrogens (tertiary/aromatic N) is 6. The monoisotopic (exact) mass is 569 g/mol. The first-order valence-corrected chi connectivity index (χ1v) is 14.3. The Hall–Kier alpha value is -4.51. The Morgan fingerprint density at radius 2 is 1.88 bits per heavy atom. The number of hydrogen-bond acceptors (Lipinski definition) is 8. The second-order valence-electron chi connectivity index (χ2n) is 10.8. The van der Waals surface area contributed by atoms with E-state index < -0.39 is 12.1 Å². The van der Waals surface area contributed by atoms with Gasteiger partial charge < -0.3 is 24.3 Å². The summed E-state index contributed by atoms with van der Waals surface area (Å²) < 4.78 is 13.9. The van der Waals surface area contributed by atoms with E-state index in [0.717, 1.165) is 28.1 Å². The van der Waals surface area contributed by atoms with E-state index in [1.807, 2.05) is 68.4 Å². The van der Waals surface area contributed by atoms with Gasteiger partial charge in [-0.25, -0.2) is 14.8 Å². The summed E-state index contributed by atoms with van der Waals surface area (Å²) >= 11 is 0. The zero-order chi connectivity index (χ0) is 29.2. The first kappa shape index (κ1) is 27.6. The molecule has 0 spiro atoms. The van der Waals surface area contributed by atoms with Crippen molar-refractivity contribution in [2.24, 2.45) is 0 Å². The van der Waals surface area contributed by atoms with Gasteiger partial charge in [0.15, 0.2) is 0 Å². The van der Waals surface area contributed by atoms with Gasteiger partial charge in [-0.2, -0.15) is 0 Å². The molecule has 0 saturated carbocycles. The van der Waals surface area contributed by atoms with Gasteiger partial charge in [-0.15, -0.1) is 0 Å². The van der Waals surface area contributed by atoms with E-state index >= 15 is 0 Å². The van der Waals surface area contributed by atoms with Crippen molar-refractivity contribution in [3.63, 3.8) is 0 Å². The molecule has 42 heavy (non-hydrogen) atoms. The van der Waals surface area contributed by atoms with Crippen LogP contribution in [0.2, 0.25) is 0 Å². The number of amides is 2. The normalized spacial score (nSPS) is 20.6. The van der Waals surface area contributed by atoms with E-state index in [1.54, 1.807) is 18.1 Å². The Morgan fingerprint density at radius 1 is 1.05 bits per heavy atom. The fourth-order valence-corrected chi connectivity index (χ4v) is 5.89. The molecule has 5 heterocycles. The molecular weight excluding hydrogens is 534 g/mol. The van der Waals surface area contributed by atoms with Gasteiger partial charge in [-0.05, 0) is 44.0 Å². The highest BCUT2D eigenvalue weighted by Gasteiger charge is 2.42. The molecule has 4 aromatic rings. The molecule has 3 atom stereocenters. The molecule has 0 radical (unpaired) electrons. The number of aryl methyl sites for hydroxylation is 1. The Balaban J connectivity index is 1.36. The molecule has 1 fully saturated rings.